The minimum atomic E-state index is 0.895. The van der Waals surface area contributed by atoms with Crippen LogP contribution in [0, 0.1) is 0 Å². The average Bonchev–Trinajstić information content (AvgIpc) is 3.36. The van der Waals surface area contributed by atoms with Gasteiger partial charge in [-0.15, -0.1) is 0 Å². The summed E-state index contributed by atoms with van der Waals surface area (Å²) in [5, 5.41) is 4.67. The SMILES string of the molecule is C/C=C\C=C(/C)c1ccccccc(/C(C)=c2/c(=C\C)oc3ccc(-c4ccccc4)cc23)c2ccccc12. The molecule has 4 aromatic carbocycles. The van der Waals surface area contributed by atoms with Crippen LogP contribution in [-0.4, -0.2) is 0 Å². The van der Waals surface area contributed by atoms with Gasteiger partial charge in [-0.3, -0.25) is 0 Å². The van der Waals surface area contributed by atoms with Crippen molar-refractivity contribution in [3.05, 3.63) is 149 Å². The Labute approximate surface area is 231 Å². The molecule has 0 spiro atoms. The molecule has 5 aromatic rings. The largest absolute Gasteiger partial charge is 0.456 e. The Balaban J connectivity index is 1.92. The molecule has 0 unspecified atom stereocenters. The van der Waals surface area contributed by atoms with Crippen molar-refractivity contribution in [1.82, 2.24) is 0 Å². The molecule has 0 atom stereocenters. The second-order valence-corrected chi connectivity index (χ2v) is 9.68. The lowest BCUT2D eigenvalue weighted by Crippen LogP contribution is -2.22. The van der Waals surface area contributed by atoms with Gasteiger partial charge in [0.15, 0.2) is 0 Å². The van der Waals surface area contributed by atoms with E-state index in [9.17, 15) is 0 Å². The van der Waals surface area contributed by atoms with Crippen LogP contribution in [0.25, 0.3) is 50.1 Å². The fourth-order valence-electron chi connectivity index (χ4n) is 5.22. The Bertz CT molecular complexity index is 1880. The minimum Gasteiger partial charge on any atom is -0.456 e. The molecule has 0 amide bonds. The summed E-state index contributed by atoms with van der Waals surface area (Å²) in [4.78, 5) is 0. The van der Waals surface area contributed by atoms with Crippen LogP contribution in [0.1, 0.15) is 38.8 Å². The highest BCUT2D eigenvalue weighted by molar-refractivity contribution is 5.99. The molecule has 0 bridgehead atoms. The average molecular weight is 507 g/mol. The number of hydrogen-bond acceptors (Lipinski definition) is 1. The quantitative estimate of drug-likeness (QED) is 0.221. The molecule has 1 aromatic heterocycles. The molecule has 0 saturated carbocycles. The number of allylic oxidation sites excluding steroid dienone is 4. The molecule has 0 saturated heterocycles. The molecule has 1 nitrogen and oxygen atoms in total. The van der Waals surface area contributed by atoms with E-state index < -0.39 is 0 Å². The fraction of sp³-hybridized carbons (Fsp3) is 0.105. The van der Waals surface area contributed by atoms with E-state index in [-0.39, 0.29) is 0 Å². The number of rotatable bonds is 4. The third-order valence-corrected chi connectivity index (χ3v) is 7.19. The first-order valence-corrected chi connectivity index (χ1v) is 13.5. The summed E-state index contributed by atoms with van der Waals surface area (Å²) >= 11 is 0. The molecule has 39 heavy (non-hydrogen) atoms. The van der Waals surface area contributed by atoms with Crippen LogP contribution in [0.5, 0.6) is 0 Å². The molecule has 1 heteroatoms. The molecular weight excluding hydrogens is 472 g/mol. The van der Waals surface area contributed by atoms with E-state index in [2.05, 4.69) is 147 Å². The standard InChI is InChI=1S/C38H34O/c1-5-7-17-27(3)31-20-13-8-9-14-21-32(34-23-16-15-22-33(31)34)28(4)38-35-26-30(29-18-11-10-12-19-29)24-25-37(35)39-36(38)6-2/h5-26H,1-4H3/b7-5-,9-8?,13-8?,14-9?,20-13?,21-14?,27-17+,31-20?,32-21?,33-31?,34-32?,36-6+,38-28+. The molecule has 0 radical (unpaired) electrons. The van der Waals surface area contributed by atoms with E-state index >= 15 is 0 Å². The zero-order valence-electron chi connectivity index (χ0n) is 23.1. The van der Waals surface area contributed by atoms with E-state index in [4.69, 9.17) is 4.42 Å². The smallest absolute Gasteiger partial charge is 0.135 e. The zero-order chi connectivity index (χ0) is 27.2. The monoisotopic (exact) mass is 506 g/mol. The highest BCUT2D eigenvalue weighted by Gasteiger charge is 2.11. The molecule has 1 heterocycles. The van der Waals surface area contributed by atoms with Crippen LogP contribution >= 0.6 is 0 Å². The second-order valence-electron chi connectivity index (χ2n) is 9.68. The van der Waals surface area contributed by atoms with Crippen molar-refractivity contribution in [2.24, 2.45) is 0 Å². The lowest BCUT2D eigenvalue weighted by atomic mass is 9.94. The first kappa shape index (κ1) is 26.0. The minimum absolute atomic E-state index is 0.895. The van der Waals surface area contributed by atoms with Gasteiger partial charge >= 0.3 is 0 Å². The van der Waals surface area contributed by atoms with Gasteiger partial charge in [0.25, 0.3) is 0 Å². The van der Waals surface area contributed by atoms with Crippen LogP contribution in [0.15, 0.2) is 132 Å². The number of fused-ring (bicyclic) bond motifs is 2. The Hall–Kier alpha value is -4.62. The summed E-state index contributed by atoms with van der Waals surface area (Å²) in [7, 11) is 0. The Morgan fingerprint density at radius 1 is 0.615 bits per heavy atom. The molecular formula is C38H34O. The summed E-state index contributed by atoms with van der Waals surface area (Å²) < 4.78 is 6.38. The maximum absolute atomic E-state index is 6.38. The van der Waals surface area contributed by atoms with Gasteiger partial charge in [-0.2, -0.15) is 0 Å². The summed E-state index contributed by atoms with van der Waals surface area (Å²) in [6.45, 7) is 8.49. The van der Waals surface area contributed by atoms with E-state index in [1.165, 1.54) is 44.2 Å². The fourth-order valence-corrected chi connectivity index (χ4v) is 5.22. The van der Waals surface area contributed by atoms with Crippen molar-refractivity contribution >= 4 is 39.0 Å². The lowest BCUT2D eigenvalue weighted by molar-refractivity contribution is 0.574. The summed E-state index contributed by atoms with van der Waals surface area (Å²) in [6.07, 6.45) is 8.41. The molecule has 0 aliphatic carbocycles. The van der Waals surface area contributed by atoms with Gasteiger partial charge in [0.05, 0.1) is 0 Å². The summed E-state index contributed by atoms with van der Waals surface area (Å²) in [5.41, 5.74) is 8.96. The van der Waals surface area contributed by atoms with Crippen molar-refractivity contribution in [2.45, 2.75) is 27.7 Å². The number of furan rings is 1. The number of benzene rings is 3. The lowest BCUT2D eigenvalue weighted by Gasteiger charge is -2.09. The van der Waals surface area contributed by atoms with Crippen molar-refractivity contribution in [1.29, 1.82) is 0 Å². The van der Waals surface area contributed by atoms with Crippen LogP contribution in [-0.2, 0) is 0 Å². The third kappa shape index (κ3) is 5.35. The van der Waals surface area contributed by atoms with Crippen LogP contribution < -0.4 is 10.6 Å². The summed E-state index contributed by atoms with van der Waals surface area (Å²) in [5.74, 6) is 0. The molecule has 192 valence electrons. The van der Waals surface area contributed by atoms with Crippen molar-refractivity contribution < 1.29 is 4.42 Å². The van der Waals surface area contributed by atoms with Gasteiger partial charge < -0.3 is 4.42 Å². The van der Waals surface area contributed by atoms with Gasteiger partial charge in [0.1, 0.15) is 11.0 Å². The molecule has 0 N–H and O–H groups in total. The van der Waals surface area contributed by atoms with Crippen molar-refractivity contribution in [2.75, 3.05) is 0 Å². The van der Waals surface area contributed by atoms with Crippen LogP contribution in [0.2, 0.25) is 0 Å². The van der Waals surface area contributed by atoms with Gasteiger partial charge in [-0.1, -0.05) is 115 Å². The maximum Gasteiger partial charge on any atom is 0.135 e. The van der Waals surface area contributed by atoms with Gasteiger partial charge in [0, 0.05) is 10.6 Å². The van der Waals surface area contributed by atoms with Gasteiger partial charge in [-0.25, -0.2) is 0 Å². The maximum atomic E-state index is 6.38. The first-order valence-electron chi connectivity index (χ1n) is 13.5. The Kier molecular flexibility index (Phi) is 7.89. The Morgan fingerprint density at radius 3 is 1.92 bits per heavy atom. The predicted octanol–water partition coefficient (Wildman–Crippen LogP) is 9.38. The highest BCUT2D eigenvalue weighted by Crippen LogP contribution is 2.29. The molecule has 0 aliphatic rings. The topological polar surface area (TPSA) is 13.1 Å². The summed E-state index contributed by atoms with van der Waals surface area (Å²) in [6, 6.07) is 38.6. The van der Waals surface area contributed by atoms with Crippen LogP contribution in [0.3, 0.4) is 0 Å². The van der Waals surface area contributed by atoms with E-state index in [1.807, 2.05) is 13.8 Å². The van der Waals surface area contributed by atoms with Gasteiger partial charge in [0.2, 0.25) is 0 Å². The highest BCUT2D eigenvalue weighted by atomic mass is 16.3. The molecule has 0 fully saturated rings. The first-order chi connectivity index (χ1) is 19.1. The van der Waals surface area contributed by atoms with Gasteiger partial charge in [-0.05, 0) is 90.1 Å². The van der Waals surface area contributed by atoms with E-state index in [0.717, 1.165) is 21.6 Å². The predicted molar refractivity (Wildman–Crippen MR) is 169 cm³/mol. The Morgan fingerprint density at radius 2 is 1.23 bits per heavy atom. The molecule has 5 rings (SSSR count). The van der Waals surface area contributed by atoms with Crippen molar-refractivity contribution in [3.63, 3.8) is 0 Å². The van der Waals surface area contributed by atoms with Crippen LogP contribution in [0.4, 0.5) is 0 Å². The normalized spacial score (nSPS) is 13.2. The van der Waals surface area contributed by atoms with Crippen molar-refractivity contribution in [3.8, 4) is 11.1 Å². The van der Waals surface area contributed by atoms with E-state index in [1.54, 1.807) is 0 Å². The number of hydrogen-bond donors (Lipinski definition) is 0. The molecule has 0 aliphatic heterocycles. The second kappa shape index (κ2) is 11.8. The zero-order valence-corrected chi connectivity index (χ0v) is 23.1. The third-order valence-electron chi connectivity index (χ3n) is 7.19. The van der Waals surface area contributed by atoms with E-state index in [0.29, 0.717) is 0 Å².